The van der Waals surface area contributed by atoms with Crippen molar-refractivity contribution >= 4 is 0 Å². The molecule has 0 aliphatic carbocycles. The molecule has 0 unspecified atom stereocenters. The highest BCUT2D eigenvalue weighted by Gasteiger charge is 2.20. The van der Waals surface area contributed by atoms with Crippen molar-refractivity contribution in [2.75, 3.05) is 0 Å². The molecule has 0 amide bonds. The first-order valence-corrected chi connectivity index (χ1v) is 6.34. The van der Waals surface area contributed by atoms with Gasteiger partial charge in [-0.05, 0) is 38.2 Å². The van der Waals surface area contributed by atoms with Gasteiger partial charge in [0.2, 0.25) is 0 Å². The molecule has 0 spiro atoms. The summed E-state index contributed by atoms with van der Waals surface area (Å²) in [7, 11) is 0. The Morgan fingerprint density at radius 2 is 1.76 bits per heavy atom. The van der Waals surface area contributed by atoms with E-state index in [1.807, 2.05) is 30.3 Å². The zero-order valence-corrected chi connectivity index (χ0v) is 11.4. The predicted molar refractivity (Wildman–Crippen MR) is 70.5 cm³/mol. The number of hydrogen-bond acceptors (Lipinski definition) is 2. The van der Waals surface area contributed by atoms with Crippen molar-refractivity contribution in [3.63, 3.8) is 0 Å². The third-order valence-corrected chi connectivity index (χ3v) is 2.68. The van der Waals surface area contributed by atoms with Crippen LogP contribution >= 0.6 is 0 Å². The van der Waals surface area contributed by atoms with Crippen LogP contribution < -0.4 is 0 Å². The van der Waals surface area contributed by atoms with Crippen LogP contribution in [0.3, 0.4) is 0 Å². The van der Waals surface area contributed by atoms with E-state index in [0.29, 0.717) is 12.5 Å². The lowest BCUT2D eigenvalue weighted by molar-refractivity contribution is -0.362. The van der Waals surface area contributed by atoms with Gasteiger partial charge in [-0.3, -0.25) is 0 Å². The lowest BCUT2D eigenvalue weighted by Gasteiger charge is -2.24. The molecule has 1 aromatic carbocycles. The summed E-state index contributed by atoms with van der Waals surface area (Å²) in [5.74, 6) is 0.701. The highest BCUT2D eigenvalue weighted by molar-refractivity contribution is 5.13. The van der Waals surface area contributed by atoms with Crippen molar-refractivity contribution < 1.29 is 9.78 Å². The second-order valence-corrected chi connectivity index (χ2v) is 5.52. The first kappa shape index (κ1) is 14.2. The number of benzene rings is 1. The third kappa shape index (κ3) is 6.44. The molecule has 1 aromatic rings. The normalized spacial score (nSPS) is 12.1. The Labute approximate surface area is 105 Å². The standard InChI is InChI=1S/C15H24O2/c1-13(2)10-11-15(3,4)17-16-12-14-8-6-5-7-9-14/h5-9,13H,10-12H2,1-4H3. The topological polar surface area (TPSA) is 18.5 Å². The highest BCUT2D eigenvalue weighted by Crippen LogP contribution is 2.20. The van der Waals surface area contributed by atoms with Crippen LogP contribution in [0.15, 0.2) is 30.3 Å². The molecule has 17 heavy (non-hydrogen) atoms. The van der Waals surface area contributed by atoms with E-state index >= 15 is 0 Å². The number of hydrogen-bond donors (Lipinski definition) is 0. The van der Waals surface area contributed by atoms with Crippen molar-refractivity contribution in [1.82, 2.24) is 0 Å². The molecule has 0 radical (unpaired) electrons. The zero-order valence-electron chi connectivity index (χ0n) is 11.4. The van der Waals surface area contributed by atoms with E-state index < -0.39 is 0 Å². The van der Waals surface area contributed by atoms with Crippen molar-refractivity contribution in [1.29, 1.82) is 0 Å². The maximum atomic E-state index is 5.48. The molecule has 0 saturated carbocycles. The Balaban J connectivity index is 2.25. The maximum absolute atomic E-state index is 5.48. The Kier molecular flexibility index (Phi) is 5.66. The fraction of sp³-hybridized carbons (Fsp3) is 0.600. The molecule has 0 aliphatic heterocycles. The van der Waals surface area contributed by atoms with E-state index in [9.17, 15) is 0 Å². The number of rotatable bonds is 7. The summed E-state index contributed by atoms with van der Waals surface area (Å²) in [6.07, 6.45) is 2.17. The van der Waals surface area contributed by atoms with Crippen LogP contribution in [0.25, 0.3) is 0 Å². The average Bonchev–Trinajstić information content (AvgIpc) is 2.28. The largest absolute Gasteiger partial charge is 0.231 e. The van der Waals surface area contributed by atoms with Crippen LogP contribution in [0.5, 0.6) is 0 Å². The van der Waals surface area contributed by atoms with Crippen molar-refractivity contribution in [2.45, 2.75) is 52.7 Å². The van der Waals surface area contributed by atoms with E-state index in [1.54, 1.807) is 0 Å². The smallest absolute Gasteiger partial charge is 0.107 e. The average molecular weight is 236 g/mol. The van der Waals surface area contributed by atoms with E-state index in [2.05, 4.69) is 27.7 Å². The Morgan fingerprint density at radius 1 is 1.12 bits per heavy atom. The van der Waals surface area contributed by atoms with Gasteiger partial charge < -0.3 is 0 Å². The van der Waals surface area contributed by atoms with Gasteiger partial charge in [-0.2, -0.15) is 0 Å². The first-order chi connectivity index (χ1) is 7.99. The predicted octanol–water partition coefficient (Wildman–Crippen LogP) is 4.35. The summed E-state index contributed by atoms with van der Waals surface area (Å²) in [6, 6.07) is 10.1. The maximum Gasteiger partial charge on any atom is 0.107 e. The minimum atomic E-state index is -0.209. The third-order valence-electron chi connectivity index (χ3n) is 2.68. The van der Waals surface area contributed by atoms with E-state index in [1.165, 1.54) is 0 Å². The van der Waals surface area contributed by atoms with Gasteiger partial charge in [-0.1, -0.05) is 44.2 Å². The summed E-state index contributed by atoms with van der Waals surface area (Å²) in [5, 5.41) is 0. The van der Waals surface area contributed by atoms with Crippen molar-refractivity contribution in [3.8, 4) is 0 Å². The lowest BCUT2D eigenvalue weighted by Crippen LogP contribution is -2.25. The second-order valence-electron chi connectivity index (χ2n) is 5.52. The summed E-state index contributed by atoms with van der Waals surface area (Å²) >= 11 is 0. The molecule has 2 heteroatoms. The molecule has 0 bridgehead atoms. The van der Waals surface area contributed by atoms with Crippen LogP contribution in [-0.2, 0) is 16.4 Å². The van der Waals surface area contributed by atoms with Crippen LogP contribution in [0, 0.1) is 5.92 Å². The summed E-state index contributed by atoms with van der Waals surface area (Å²) in [4.78, 5) is 10.8. The molecular formula is C15H24O2. The molecule has 0 atom stereocenters. The summed E-state index contributed by atoms with van der Waals surface area (Å²) in [6.45, 7) is 9.09. The minimum Gasteiger partial charge on any atom is -0.231 e. The Bertz CT molecular complexity index is 304. The van der Waals surface area contributed by atoms with Gasteiger partial charge in [0, 0.05) is 0 Å². The van der Waals surface area contributed by atoms with Crippen LogP contribution in [-0.4, -0.2) is 5.60 Å². The Hall–Kier alpha value is -0.860. The van der Waals surface area contributed by atoms with Crippen molar-refractivity contribution in [2.24, 2.45) is 5.92 Å². The van der Waals surface area contributed by atoms with Crippen LogP contribution in [0.1, 0.15) is 46.1 Å². The van der Waals surface area contributed by atoms with E-state index in [4.69, 9.17) is 9.78 Å². The van der Waals surface area contributed by atoms with Gasteiger partial charge >= 0.3 is 0 Å². The van der Waals surface area contributed by atoms with Gasteiger partial charge in [0.05, 0.1) is 5.60 Å². The highest BCUT2D eigenvalue weighted by atomic mass is 17.2. The zero-order chi connectivity index (χ0) is 12.7. The molecule has 96 valence electrons. The van der Waals surface area contributed by atoms with Gasteiger partial charge in [0.25, 0.3) is 0 Å². The quantitative estimate of drug-likeness (QED) is 0.517. The molecule has 2 nitrogen and oxygen atoms in total. The second kappa shape index (κ2) is 6.77. The molecule has 0 fully saturated rings. The molecule has 0 heterocycles. The van der Waals surface area contributed by atoms with Gasteiger partial charge in [-0.25, -0.2) is 9.78 Å². The lowest BCUT2D eigenvalue weighted by atomic mass is 9.97. The molecule has 0 aromatic heterocycles. The fourth-order valence-electron chi connectivity index (χ4n) is 1.51. The molecule has 0 aliphatic rings. The monoisotopic (exact) mass is 236 g/mol. The fourth-order valence-corrected chi connectivity index (χ4v) is 1.51. The molecule has 1 rings (SSSR count). The first-order valence-electron chi connectivity index (χ1n) is 6.34. The summed E-state index contributed by atoms with van der Waals surface area (Å²) in [5.41, 5.74) is 0.922. The van der Waals surface area contributed by atoms with Gasteiger partial charge in [0.1, 0.15) is 6.61 Å². The van der Waals surface area contributed by atoms with E-state index in [-0.39, 0.29) is 5.60 Å². The SMILES string of the molecule is CC(C)CCC(C)(C)OOCc1ccccc1. The molecule has 0 N–H and O–H groups in total. The summed E-state index contributed by atoms with van der Waals surface area (Å²) < 4.78 is 0. The van der Waals surface area contributed by atoms with Crippen LogP contribution in [0.4, 0.5) is 0 Å². The van der Waals surface area contributed by atoms with E-state index in [0.717, 1.165) is 18.4 Å². The Morgan fingerprint density at radius 3 is 2.35 bits per heavy atom. The minimum absolute atomic E-state index is 0.209. The van der Waals surface area contributed by atoms with Gasteiger partial charge in [0.15, 0.2) is 0 Å². The van der Waals surface area contributed by atoms with Crippen molar-refractivity contribution in [3.05, 3.63) is 35.9 Å². The molecule has 0 saturated heterocycles. The van der Waals surface area contributed by atoms with Gasteiger partial charge in [-0.15, -0.1) is 0 Å². The molecular weight excluding hydrogens is 212 g/mol. The van der Waals surface area contributed by atoms with Crippen LogP contribution in [0.2, 0.25) is 0 Å².